The number of allylic oxidation sites excluding steroid dienone is 4. The summed E-state index contributed by atoms with van der Waals surface area (Å²) in [5.41, 5.74) is 4.46. The Hall–Kier alpha value is -1.49. The topological polar surface area (TPSA) is 44.6 Å². The molecule has 17 heavy (non-hydrogen) atoms. The van der Waals surface area contributed by atoms with Crippen molar-refractivity contribution in [3.05, 3.63) is 35.5 Å². The molecule has 2 N–H and O–H groups in total. The van der Waals surface area contributed by atoms with Crippen molar-refractivity contribution in [1.82, 2.24) is 5.43 Å². The average Bonchev–Trinajstić information content (AvgIpc) is 2.31. The number of hydrogen-bond donors (Lipinski definition) is 2. The van der Waals surface area contributed by atoms with Crippen molar-refractivity contribution in [3.8, 4) is 0 Å². The van der Waals surface area contributed by atoms with E-state index in [4.69, 9.17) is 5.11 Å². The summed E-state index contributed by atoms with van der Waals surface area (Å²) in [6.07, 6.45) is 5.63. The van der Waals surface area contributed by atoms with Gasteiger partial charge in [0.05, 0.1) is 18.9 Å². The second-order valence-electron chi connectivity index (χ2n) is 3.53. The van der Waals surface area contributed by atoms with E-state index in [1.165, 1.54) is 0 Å². The summed E-state index contributed by atoms with van der Waals surface area (Å²) in [6.45, 7) is 1.41. The molecule has 5 heteroatoms. The fourth-order valence-electron chi connectivity index (χ4n) is 1.38. The van der Waals surface area contributed by atoms with E-state index >= 15 is 0 Å². The Kier molecular flexibility index (Phi) is 5.56. The maximum Gasteiger partial charge on any atom is 0.257 e. The Morgan fingerprint density at radius 3 is 2.82 bits per heavy atom. The monoisotopic (exact) mass is 242 g/mol. The SMILES string of the molecule is CC/C=C1\C=CC(CO)=C\C1=N\NCC(F)F. The zero-order valence-corrected chi connectivity index (χ0v) is 9.66. The van der Waals surface area contributed by atoms with E-state index in [9.17, 15) is 8.78 Å². The van der Waals surface area contributed by atoms with Gasteiger partial charge in [0.15, 0.2) is 0 Å². The van der Waals surface area contributed by atoms with Crippen LogP contribution in [0.2, 0.25) is 0 Å². The lowest BCUT2D eigenvalue weighted by molar-refractivity contribution is 0.147. The van der Waals surface area contributed by atoms with Gasteiger partial charge >= 0.3 is 0 Å². The van der Waals surface area contributed by atoms with Gasteiger partial charge in [0, 0.05) is 0 Å². The molecule has 0 aromatic rings. The van der Waals surface area contributed by atoms with Gasteiger partial charge < -0.3 is 10.5 Å². The van der Waals surface area contributed by atoms with Gasteiger partial charge in [-0.05, 0) is 23.6 Å². The molecule has 3 nitrogen and oxygen atoms in total. The van der Waals surface area contributed by atoms with Crippen molar-refractivity contribution >= 4 is 5.71 Å². The Morgan fingerprint density at radius 2 is 2.24 bits per heavy atom. The number of aliphatic hydroxyl groups excluding tert-OH is 1. The zero-order chi connectivity index (χ0) is 12.7. The number of hydrazone groups is 1. The first kappa shape index (κ1) is 13.6. The largest absolute Gasteiger partial charge is 0.392 e. The lowest BCUT2D eigenvalue weighted by Crippen LogP contribution is -2.18. The Morgan fingerprint density at radius 1 is 1.47 bits per heavy atom. The molecule has 0 unspecified atom stereocenters. The minimum Gasteiger partial charge on any atom is -0.392 e. The molecule has 1 rings (SSSR count). The first-order valence-electron chi connectivity index (χ1n) is 5.46. The normalized spacial score (nSPS) is 20.2. The summed E-state index contributed by atoms with van der Waals surface area (Å²) in [5, 5.41) is 12.9. The van der Waals surface area contributed by atoms with E-state index in [0.29, 0.717) is 11.3 Å². The summed E-state index contributed by atoms with van der Waals surface area (Å²) in [6, 6.07) is 0. The molecule has 1 aliphatic carbocycles. The van der Waals surface area contributed by atoms with Crippen molar-refractivity contribution in [2.75, 3.05) is 13.2 Å². The molecule has 0 saturated carbocycles. The van der Waals surface area contributed by atoms with Crippen LogP contribution in [0.4, 0.5) is 8.78 Å². The lowest BCUT2D eigenvalue weighted by atomic mass is 10.00. The number of nitrogens with one attached hydrogen (secondary N) is 1. The number of hydrogen-bond acceptors (Lipinski definition) is 3. The highest BCUT2D eigenvalue weighted by Gasteiger charge is 2.08. The molecule has 1 aliphatic rings. The second-order valence-corrected chi connectivity index (χ2v) is 3.53. The molecule has 0 amide bonds. The van der Waals surface area contributed by atoms with Gasteiger partial charge in [-0.25, -0.2) is 8.78 Å². The van der Waals surface area contributed by atoms with Crippen LogP contribution in [0.5, 0.6) is 0 Å². The van der Waals surface area contributed by atoms with Gasteiger partial charge in [-0.3, -0.25) is 0 Å². The quantitative estimate of drug-likeness (QED) is 0.724. The molecule has 0 aliphatic heterocycles. The van der Waals surface area contributed by atoms with Crippen molar-refractivity contribution < 1.29 is 13.9 Å². The molecular formula is C12H16F2N2O. The van der Waals surface area contributed by atoms with Crippen molar-refractivity contribution in [2.45, 2.75) is 19.8 Å². The van der Waals surface area contributed by atoms with Crippen LogP contribution in [0.1, 0.15) is 13.3 Å². The summed E-state index contributed by atoms with van der Waals surface area (Å²) >= 11 is 0. The molecule has 0 saturated heterocycles. The van der Waals surface area contributed by atoms with Gasteiger partial charge in [-0.1, -0.05) is 25.2 Å². The van der Waals surface area contributed by atoms with Gasteiger partial charge in [0.1, 0.15) is 0 Å². The summed E-state index contributed by atoms with van der Waals surface area (Å²) in [7, 11) is 0. The van der Waals surface area contributed by atoms with Crippen molar-refractivity contribution in [3.63, 3.8) is 0 Å². The van der Waals surface area contributed by atoms with E-state index in [0.717, 1.165) is 12.0 Å². The third-order valence-corrected chi connectivity index (χ3v) is 2.15. The van der Waals surface area contributed by atoms with Gasteiger partial charge in [0.2, 0.25) is 0 Å². The predicted molar refractivity (Wildman–Crippen MR) is 64.1 cm³/mol. The van der Waals surface area contributed by atoms with E-state index in [2.05, 4.69) is 10.5 Å². The number of rotatable bonds is 5. The van der Waals surface area contributed by atoms with Crippen LogP contribution in [0.15, 0.2) is 40.6 Å². The highest BCUT2D eigenvalue weighted by atomic mass is 19.3. The second kappa shape index (κ2) is 6.96. The molecule has 0 atom stereocenters. The van der Waals surface area contributed by atoms with Crippen molar-refractivity contribution in [2.24, 2.45) is 5.10 Å². The third kappa shape index (κ3) is 4.48. The number of alkyl halides is 2. The van der Waals surface area contributed by atoms with E-state index in [-0.39, 0.29) is 6.61 Å². The van der Waals surface area contributed by atoms with Crippen LogP contribution >= 0.6 is 0 Å². The van der Waals surface area contributed by atoms with E-state index in [1.807, 2.05) is 19.1 Å². The van der Waals surface area contributed by atoms with Crippen LogP contribution in [0.25, 0.3) is 0 Å². The van der Waals surface area contributed by atoms with E-state index < -0.39 is 13.0 Å². The van der Waals surface area contributed by atoms with Gasteiger partial charge in [-0.15, -0.1) is 0 Å². The Labute approximate surface area is 99.2 Å². The maximum absolute atomic E-state index is 12.0. The average molecular weight is 242 g/mol. The molecule has 0 bridgehead atoms. The Bertz CT molecular complexity index is 371. The van der Waals surface area contributed by atoms with Crippen LogP contribution in [-0.2, 0) is 0 Å². The fraction of sp³-hybridized carbons (Fsp3) is 0.417. The highest BCUT2D eigenvalue weighted by Crippen LogP contribution is 2.14. The first-order valence-corrected chi connectivity index (χ1v) is 5.46. The minimum atomic E-state index is -2.43. The van der Waals surface area contributed by atoms with E-state index in [1.54, 1.807) is 12.2 Å². The molecule has 0 radical (unpaired) electrons. The molecule has 0 aromatic heterocycles. The highest BCUT2D eigenvalue weighted by molar-refractivity contribution is 6.12. The molecular weight excluding hydrogens is 226 g/mol. The van der Waals surface area contributed by atoms with Crippen molar-refractivity contribution in [1.29, 1.82) is 0 Å². The Balaban J connectivity index is 2.79. The zero-order valence-electron chi connectivity index (χ0n) is 9.66. The summed E-state index contributed by atoms with van der Waals surface area (Å²) in [5.74, 6) is 0. The number of aliphatic hydroxyl groups is 1. The minimum absolute atomic E-state index is 0.0935. The maximum atomic E-state index is 12.0. The molecule has 0 aromatic carbocycles. The van der Waals surface area contributed by atoms with Crippen LogP contribution in [0.3, 0.4) is 0 Å². The predicted octanol–water partition coefficient (Wildman–Crippen LogP) is 2.02. The lowest BCUT2D eigenvalue weighted by Gasteiger charge is -2.11. The fourth-order valence-corrected chi connectivity index (χ4v) is 1.38. The molecule has 0 fully saturated rings. The van der Waals surface area contributed by atoms with Gasteiger partial charge in [-0.2, -0.15) is 5.10 Å². The number of halogens is 2. The van der Waals surface area contributed by atoms with Crippen LogP contribution in [0, 0.1) is 0 Å². The first-order chi connectivity index (χ1) is 8.17. The number of nitrogens with zero attached hydrogens (tertiary/aromatic N) is 1. The smallest absolute Gasteiger partial charge is 0.257 e. The van der Waals surface area contributed by atoms with Gasteiger partial charge in [0.25, 0.3) is 6.43 Å². The van der Waals surface area contributed by atoms with Crippen LogP contribution < -0.4 is 5.43 Å². The molecule has 0 heterocycles. The molecule has 0 spiro atoms. The summed E-state index contributed by atoms with van der Waals surface area (Å²) < 4.78 is 23.9. The molecule has 94 valence electrons. The standard InChI is InChI=1S/C12H16F2N2O/c1-2-3-10-5-4-9(8-17)6-11(10)16-15-7-12(13)14/h3-6,12,15,17H,2,7-8H2,1H3/b10-3+,16-11-. The summed E-state index contributed by atoms with van der Waals surface area (Å²) in [4.78, 5) is 0. The van der Waals surface area contributed by atoms with Crippen LogP contribution in [-0.4, -0.2) is 30.4 Å². The third-order valence-electron chi connectivity index (χ3n) is 2.15.